The van der Waals surface area contributed by atoms with Gasteiger partial charge in [0, 0.05) is 119 Å². The first kappa shape index (κ1) is 36.8. The second kappa shape index (κ2) is 15.5. The molecule has 284 valence electrons. The van der Waals surface area contributed by atoms with Crippen LogP contribution in [0.4, 0.5) is 28.8 Å². The minimum Gasteiger partial charge on any atom is -0.494 e. The second-order valence-electron chi connectivity index (χ2n) is 14.6. The molecule has 3 aliphatic rings. The van der Waals surface area contributed by atoms with Crippen LogP contribution in [0.25, 0.3) is 22.2 Å². The lowest BCUT2D eigenvalue weighted by molar-refractivity contribution is 0.0631. The van der Waals surface area contributed by atoms with E-state index in [-0.39, 0.29) is 0 Å². The lowest BCUT2D eigenvalue weighted by Gasteiger charge is -2.46. The molecule has 3 fully saturated rings. The van der Waals surface area contributed by atoms with Crippen molar-refractivity contribution in [2.45, 2.75) is 38.4 Å². The molecule has 3 aliphatic heterocycles. The van der Waals surface area contributed by atoms with Crippen molar-refractivity contribution in [2.24, 2.45) is 0 Å². The Balaban J connectivity index is 1.05. The molecule has 0 atom stereocenters. The highest BCUT2D eigenvalue weighted by Gasteiger charge is 2.33. The van der Waals surface area contributed by atoms with E-state index in [1.165, 1.54) is 25.9 Å². The number of anilines is 5. The van der Waals surface area contributed by atoms with Crippen LogP contribution >= 0.6 is 23.1 Å². The highest BCUT2D eigenvalue weighted by Crippen LogP contribution is 2.43. The van der Waals surface area contributed by atoms with E-state index in [2.05, 4.69) is 91.9 Å². The summed E-state index contributed by atoms with van der Waals surface area (Å²) >= 11 is 3.61. The maximum atomic E-state index is 13.6. The van der Waals surface area contributed by atoms with Crippen molar-refractivity contribution in [2.75, 3.05) is 88.3 Å². The Morgan fingerprint density at radius 1 is 0.926 bits per heavy atom. The number of hydrogen-bond acceptors (Lipinski definition) is 13. The summed E-state index contributed by atoms with van der Waals surface area (Å²) < 4.78 is 22.2. The molecule has 5 aromatic rings. The molecular weight excluding hydrogens is 767 g/mol. The molecule has 0 saturated carbocycles. The summed E-state index contributed by atoms with van der Waals surface area (Å²) in [5.74, 6) is 1.56. The maximum absolute atomic E-state index is 13.6. The number of aryl methyl sites for hydroxylation is 1. The number of fused-ring (bicyclic) bond motifs is 1. The minimum atomic E-state index is -2.77. The number of aromatic nitrogens is 6. The molecule has 2 aromatic carbocycles. The predicted octanol–water partition coefficient (Wildman–Crippen LogP) is 5.37. The zero-order valence-corrected chi connectivity index (χ0v) is 33.8. The van der Waals surface area contributed by atoms with E-state index < -0.39 is 7.14 Å². The molecule has 0 unspecified atom stereocenters. The molecule has 54 heavy (non-hydrogen) atoms. The van der Waals surface area contributed by atoms with Crippen LogP contribution in [0.2, 0.25) is 0 Å². The standard InChI is InChI=1S/C38H48BrN12O2P/c1-5-51-24-25(20-44-51)28-18-32(34(53-2)19-33(28)50-16-14-49(15-17-50)26-8-12-48(13-9-26)27-21-40-22-27)46-38-43-23-29(39)37(47-38)45-31-7-6-30-35(42-11-10-41-30)36(31)54(3,4)52/h6-7,10-11,18-20,23-24,26-27,40H,5,8-9,12-17,21-22H2,1-4H3,(H2,43,45,46,47). The van der Waals surface area contributed by atoms with Gasteiger partial charge in [0.1, 0.15) is 24.2 Å². The highest BCUT2D eigenvalue weighted by molar-refractivity contribution is 9.10. The molecule has 0 amide bonds. The maximum Gasteiger partial charge on any atom is 0.229 e. The Bertz CT molecular complexity index is 2170. The SMILES string of the molecule is CCn1cc(-c2cc(Nc3ncc(Br)c(Nc4ccc5nccnc5c4P(C)(C)=O)n3)c(OC)cc2N2CCN(C3CCN(C4CNC4)CC3)CC2)cn1. The lowest BCUT2D eigenvalue weighted by Crippen LogP contribution is -2.60. The van der Waals surface area contributed by atoms with Crippen LogP contribution in [0.1, 0.15) is 19.8 Å². The van der Waals surface area contributed by atoms with Gasteiger partial charge in [-0.3, -0.25) is 24.4 Å². The molecule has 8 rings (SSSR count). The van der Waals surface area contributed by atoms with E-state index in [0.717, 1.165) is 74.4 Å². The molecule has 6 heterocycles. The van der Waals surface area contributed by atoms with Gasteiger partial charge in [0.15, 0.2) is 0 Å². The van der Waals surface area contributed by atoms with Crippen molar-refractivity contribution >= 4 is 68.2 Å². The van der Waals surface area contributed by atoms with E-state index in [4.69, 9.17) is 9.72 Å². The second-order valence-corrected chi connectivity index (χ2v) is 18.6. The number of rotatable bonds is 11. The summed E-state index contributed by atoms with van der Waals surface area (Å²) in [6, 6.07) is 9.37. The monoisotopic (exact) mass is 814 g/mol. The van der Waals surface area contributed by atoms with Crippen molar-refractivity contribution in [1.29, 1.82) is 0 Å². The summed E-state index contributed by atoms with van der Waals surface area (Å²) in [6.45, 7) is 15.0. The zero-order chi connectivity index (χ0) is 37.4. The molecular formula is C38H48BrN12O2P. The Morgan fingerprint density at radius 2 is 1.69 bits per heavy atom. The number of likely N-dealkylation sites (tertiary alicyclic amines) is 1. The lowest BCUT2D eigenvalue weighted by atomic mass is 9.98. The fraction of sp³-hybridized carbons (Fsp3) is 0.447. The third-order valence-electron chi connectivity index (χ3n) is 10.9. The Hall–Kier alpha value is -4.14. The smallest absolute Gasteiger partial charge is 0.229 e. The van der Waals surface area contributed by atoms with Gasteiger partial charge in [-0.05, 0) is 67.2 Å². The van der Waals surface area contributed by atoms with E-state index >= 15 is 0 Å². The van der Waals surface area contributed by atoms with Gasteiger partial charge < -0.3 is 30.2 Å². The molecule has 3 aromatic heterocycles. The number of nitrogens with one attached hydrogen (secondary N) is 3. The van der Waals surface area contributed by atoms with Crippen LogP contribution in [0.3, 0.4) is 0 Å². The first-order chi connectivity index (χ1) is 26.2. The third-order valence-corrected chi connectivity index (χ3v) is 13.0. The molecule has 3 N–H and O–H groups in total. The normalized spacial score (nSPS) is 17.8. The average Bonchev–Trinajstić information content (AvgIpc) is 3.65. The molecule has 3 saturated heterocycles. The third kappa shape index (κ3) is 7.57. The van der Waals surface area contributed by atoms with Crippen LogP contribution in [0.5, 0.6) is 5.75 Å². The average molecular weight is 816 g/mol. The van der Waals surface area contributed by atoms with Gasteiger partial charge in [-0.2, -0.15) is 10.1 Å². The van der Waals surface area contributed by atoms with Gasteiger partial charge in [-0.25, -0.2) is 4.98 Å². The Morgan fingerprint density at radius 3 is 2.37 bits per heavy atom. The minimum absolute atomic E-state index is 0.369. The van der Waals surface area contributed by atoms with Gasteiger partial charge in [0.2, 0.25) is 5.95 Å². The summed E-state index contributed by atoms with van der Waals surface area (Å²) in [5, 5.41) is 15.5. The number of ether oxygens (including phenoxy) is 1. The molecule has 14 nitrogen and oxygen atoms in total. The van der Waals surface area contributed by atoms with E-state index in [9.17, 15) is 4.57 Å². The van der Waals surface area contributed by atoms with E-state index in [0.29, 0.717) is 50.1 Å². The first-order valence-electron chi connectivity index (χ1n) is 18.7. The van der Waals surface area contributed by atoms with E-state index in [1.54, 1.807) is 39.0 Å². The topological polar surface area (TPSA) is 141 Å². The van der Waals surface area contributed by atoms with Gasteiger partial charge in [-0.15, -0.1) is 0 Å². The quantitative estimate of drug-likeness (QED) is 0.147. The highest BCUT2D eigenvalue weighted by atomic mass is 79.9. The molecule has 0 aliphatic carbocycles. The van der Waals surface area contributed by atoms with Crippen molar-refractivity contribution < 1.29 is 9.30 Å². The zero-order valence-electron chi connectivity index (χ0n) is 31.3. The Kier molecular flexibility index (Phi) is 10.6. The van der Waals surface area contributed by atoms with Gasteiger partial charge in [0.05, 0.1) is 40.0 Å². The van der Waals surface area contributed by atoms with Crippen LogP contribution < -0.4 is 30.9 Å². The van der Waals surface area contributed by atoms with Crippen molar-refractivity contribution in [3.05, 3.63) is 59.7 Å². The number of benzene rings is 2. The number of piperazine rings is 1. The summed E-state index contributed by atoms with van der Waals surface area (Å²) in [7, 11) is -1.08. The summed E-state index contributed by atoms with van der Waals surface area (Å²) in [5.41, 5.74) is 5.88. The molecule has 16 heteroatoms. The molecule has 0 spiro atoms. The van der Waals surface area contributed by atoms with Crippen LogP contribution in [-0.4, -0.2) is 124 Å². The first-order valence-corrected chi connectivity index (χ1v) is 22.1. The molecule has 0 bridgehead atoms. The number of piperidine rings is 1. The molecule has 0 radical (unpaired) electrons. The number of nitrogens with zero attached hydrogens (tertiary/aromatic N) is 9. The summed E-state index contributed by atoms with van der Waals surface area (Å²) in [4.78, 5) is 26.3. The van der Waals surface area contributed by atoms with Crippen LogP contribution in [0, 0.1) is 0 Å². The van der Waals surface area contributed by atoms with Crippen molar-refractivity contribution in [3.63, 3.8) is 0 Å². The number of methoxy groups -OCH3 is 1. The Labute approximate surface area is 324 Å². The number of halogens is 1. The van der Waals surface area contributed by atoms with Crippen molar-refractivity contribution in [3.8, 4) is 16.9 Å². The van der Waals surface area contributed by atoms with Crippen LogP contribution in [0.15, 0.2) is 59.7 Å². The van der Waals surface area contributed by atoms with Gasteiger partial charge >= 0.3 is 0 Å². The fourth-order valence-corrected chi connectivity index (χ4v) is 9.59. The van der Waals surface area contributed by atoms with Gasteiger partial charge in [-0.1, -0.05) is 0 Å². The van der Waals surface area contributed by atoms with Crippen molar-refractivity contribution in [1.82, 2.24) is 44.8 Å². The largest absolute Gasteiger partial charge is 0.494 e. The van der Waals surface area contributed by atoms with E-state index in [1.807, 2.05) is 23.0 Å². The number of hydrogen-bond donors (Lipinski definition) is 3. The van der Waals surface area contributed by atoms with Crippen LogP contribution in [-0.2, 0) is 11.1 Å². The predicted molar refractivity (Wildman–Crippen MR) is 220 cm³/mol. The fourth-order valence-electron chi connectivity index (χ4n) is 7.91. The summed E-state index contributed by atoms with van der Waals surface area (Å²) in [6.07, 6.45) is 11.5. The van der Waals surface area contributed by atoms with Gasteiger partial charge in [0.25, 0.3) is 0 Å².